The van der Waals surface area contributed by atoms with Crippen molar-refractivity contribution >= 4 is 10.0 Å². The highest BCUT2D eigenvalue weighted by molar-refractivity contribution is 7.89. The van der Waals surface area contributed by atoms with Gasteiger partial charge in [0.05, 0.1) is 12.7 Å². The Morgan fingerprint density at radius 2 is 2.39 bits per heavy atom. The average Bonchev–Trinajstić information content (AvgIpc) is 2.88. The zero-order valence-corrected chi connectivity index (χ0v) is 11.2. The molecule has 3 N–H and O–H groups in total. The summed E-state index contributed by atoms with van der Waals surface area (Å²) in [5, 5.41) is 3.97. The van der Waals surface area contributed by atoms with Crippen molar-refractivity contribution in [3.05, 3.63) is 12.4 Å². The number of likely N-dealkylation sites (N-methyl/N-ethyl adjacent to an activating group) is 1. The molecule has 1 aliphatic heterocycles. The Kier molecular flexibility index (Phi) is 4.00. The number of hydrogen-bond donors (Lipinski definition) is 2. The first-order chi connectivity index (χ1) is 8.51. The van der Waals surface area contributed by atoms with E-state index in [1.807, 2.05) is 7.05 Å². The first-order valence-corrected chi connectivity index (χ1v) is 7.43. The molecule has 1 fully saturated rings. The van der Waals surface area contributed by atoms with Gasteiger partial charge in [-0.1, -0.05) is 0 Å². The molecule has 0 aromatic carbocycles. The molecule has 1 aliphatic rings. The van der Waals surface area contributed by atoms with Gasteiger partial charge >= 0.3 is 0 Å². The van der Waals surface area contributed by atoms with Gasteiger partial charge < -0.3 is 10.6 Å². The lowest BCUT2D eigenvalue weighted by Gasteiger charge is -2.12. The van der Waals surface area contributed by atoms with Crippen molar-refractivity contribution in [2.75, 3.05) is 26.7 Å². The zero-order chi connectivity index (χ0) is 13.2. The Morgan fingerprint density at radius 3 is 3.00 bits per heavy atom. The molecule has 0 radical (unpaired) electrons. The standard InChI is InChI=1S/C10H19N5O2S/c1-14-4-2-9(7-14)13-18(16,17)10-6-12-15(8-10)5-3-11/h6,8-9,13H,2-5,7,11H2,1H3. The number of nitrogens with one attached hydrogen (secondary N) is 1. The molecule has 2 heterocycles. The molecule has 102 valence electrons. The van der Waals surface area contributed by atoms with Crippen molar-refractivity contribution in [1.82, 2.24) is 19.4 Å². The van der Waals surface area contributed by atoms with Gasteiger partial charge in [0.25, 0.3) is 0 Å². The zero-order valence-electron chi connectivity index (χ0n) is 10.4. The van der Waals surface area contributed by atoms with Crippen molar-refractivity contribution in [3.8, 4) is 0 Å². The molecule has 0 spiro atoms. The summed E-state index contributed by atoms with van der Waals surface area (Å²) < 4.78 is 28.4. The van der Waals surface area contributed by atoms with Gasteiger partial charge in [0, 0.05) is 25.3 Å². The van der Waals surface area contributed by atoms with E-state index in [1.54, 1.807) is 0 Å². The molecule has 8 heteroatoms. The maximum atomic E-state index is 12.1. The fourth-order valence-corrected chi connectivity index (χ4v) is 3.27. The average molecular weight is 273 g/mol. The smallest absolute Gasteiger partial charge is 0.243 e. The number of nitrogens with two attached hydrogens (primary N) is 1. The van der Waals surface area contributed by atoms with Gasteiger partial charge in [-0.2, -0.15) is 5.10 Å². The summed E-state index contributed by atoms with van der Waals surface area (Å²) in [6.45, 7) is 2.61. The molecule has 1 aromatic rings. The van der Waals surface area contributed by atoms with Gasteiger partial charge in [0.1, 0.15) is 4.90 Å². The monoisotopic (exact) mass is 273 g/mol. The van der Waals surface area contributed by atoms with E-state index in [4.69, 9.17) is 5.73 Å². The Bertz CT molecular complexity index is 498. The van der Waals surface area contributed by atoms with E-state index in [1.165, 1.54) is 17.1 Å². The summed E-state index contributed by atoms with van der Waals surface area (Å²) in [6, 6.07) is -0.0159. The second kappa shape index (κ2) is 5.35. The molecule has 1 aromatic heterocycles. The van der Waals surface area contributed by atoms with Gasteiger partial charge in [-0.05, 0) is 20.0 Å². The topological polar surface area (TPSA) is 93.2 Å². The Balaban J connectivity index is 2.05. The Morgan fingerprint density at radius 1 is 1.61 bits per heavy atom. The molecule has 1 saturated heterocycles. The van der Waals surface area contributed by atoms with E-state index in [-0.39, 0.29) is 10.9 Å². The maximum absolute atomic E-state index is 12.1. The fraction of sp³-hybridized carbons (Fsp3) is 0.700. The van der Waals surface area contributed by atoms with Crippen LogP contribution in [0.4, 0.5) is 0 Å². The van der Waals surface area contributed by atoms with E-state index >= 15 is 0 Å². The SMILES string of the molecule is CN1CCC(NS(=O)(=O)c2cnn(CCN)c2)C1. The van der Waals surface area contributed by atoms with E-state index in [0.717, 1.165) is 19.5 Å². The predicted octanol–water partition coefficient (Wildman–Crippen LogP) is -1.18. The van der Waals surface area contributed by atoms with Crippen molar-refractivity contribution in [2.45, 2.75) is 23.9 Å². The number of nitrogens with zero attached hydrogens (tertiary/aromatic N) is 3. The van der Waals surface area contributed by atoms with Crippen LogP contribution in [0.5, 0.6) is 0 Å². The van der Waals surface area contributed by atoms with Crippen molar-refractivity contribution in [3.63, 3.8) is 0 Å². The molecule has 0 aliphatic carbocycles. The van der Waals surface area contributed by atoms with Gasteiger partial charge in [0.15, 0.2) is 0 Å². The van der Waals surface area contributed by atoms with Crippen molar-refractivity contribution in [2.24, 2.45) is 5.73 Å². The molecule has 18 heavy (non-hydrogen) atoms. The minimum absolute atomic E-state index is 0.0159. The second-order valence-corrected chi connectivity index (χ2v) is 6.31. The van der Waals surface area contributed by atoms with Crippen molar-refractivity contribution in [1.29, 1.82) is 0 Å². The maximum Gasteiger partial charge on any atom is 0.243 e. The van der Waals surface area contributed by atoms with E-state index in [0.29, 0.717) is 13.1 Å². The van der Waals surface area contributed by atoms with Crippen LogP contribution in [0.3, 0.4) is 0 Å². The highest BCUT2D eigenvalue weighted by Gasteiger charge is 2.26. The quantitative estimate of drug-likeness (QED) is 0.705. The van der Waals surface area contributed by atoms with Crippen LogP contribution in [0.15, 0.2) is 17.3 Å². The minimum atomic E-state index is -3.47. The number of likely N-dealkylation sites (tertiary alicyclic amines) is 1. The first kappa shape index (κ1) is 13.5. The van der Waals surface area contributed by atoms with E-state index < -0.39 is 10.0 Å². The third-order valence-corrected chi connectivity index (χ3v) is 4.47. The van der Waals surface area contributed by atoms with Gasteiger partial charge in [-0.25, -0.2) is 13.1 Å². The summed E-state index contributed by atoms with van der Waals surface area (Å²) in [6.07, 6.45) is 3.71. The van der Waals surface area contributed by atoms with Gasteiger partial charge in [-0.3, -0.25) is 4.68 Å². The van der Waals surface area contributed by atoms with Crippen LogP contribution in [0.1, 0.15) is 6.42 Å². The predicted molar refractivity (Wildman–Crippen MR) is 67.5 cm³/mol. The summed E-state index contributed by atoms with van der Waals surface area (Å²) in [4.78, 5) is 2.30. The highest BCUT2D eigenvalue weighted by Crippen LogP contribution is 2.12. The van der Waals surface area contributed by atoms with Crippen LogP contribution in [0, 0.1) is 0 Å². The largest absolute Gasteiger partial charge is 0.329 e. The number of hydrogen-bond acceptors (Lipinski definition) is 5. The van der Waals surface area contributed by atoms with Gasteiger partial charge in [-0.15, -0.1) is 0 Å². The molecule has 1 unspecified atom stereocenters. The third kappa shape index (κ3) is 3.08. The summed E-state index contributed by atoms with van der Waals surface area (Å²) in [5.74, 6) is 0. The lowest BCUT2D eigenvalue weighted by Crippen LogP contribution is -2.36. The van der Waals surface area contributed by atoms with E-state index in [2.05, 4.69) is 14.7 Å². The van der Waals surface area contributed by atoms with E-state index in [9.17, 15) is 8.42 Å². The molecular weight excluding hydrogens is 254 g/mol. The van der Waals surface area contributed by atoms with Crippen LogP contribution in [-0.4, -0.2) is 55.8 Å². The van der Waals surface area contributed by atoms with Crippen LogP contribution in [0.2, 0.25) is 0 Å². The molecular formula is C10H19N5O2S. The Labute approximate surface area is 107 Å². The minimum Gasteiger partial charge on any atom is -0.329 e. The lowest BCUT2D eigenvalue weighted by atomic mass is 10.3. The first-order valence-electron chi connectivity index (χ1n) is 5.94. The van der Waals surface area contributed by atoms with Crippen LogP contribution in [-0.2, 0) is 16.6 Å². The van der Waals surface area contributed by atoms with Crippen LogP contribution >= 0.6 is 0 Å². The lowest BCUT2D eigenvalue weighted by molar-refractivity contribution is 0.407. The Hall–Kier alpha value is -0.960. The van der Waals surface area contributed by atoms with Crippen LogP contribution in [0.25, 0.3) is 0 Å². The summed E-state index contributed by atoms with van der Waals surface area (Å²) in [7, 11) is -1.49. The van der Waals surface area contributed by atoms with Crippen LogP contribution < -0.4 is 10.5 Å². The highest BCUT2D eigenvalue weighted by atomic mass is 32.2. The molecule has 0 saturated carbocycles. The molecule has 0 bridgehead atoms. The number of rotatable bonds is 5. The summed E-state index contributed by atoms with van der Waals surface area (Å²) in [5.41, 5.74) is 5.39. The second-order valence-electron chi connectivity index (χ2n) is 4.60. The van der Waals surface area contributed by atoms with Crippen molar-refractivity contribution < 1.29 is 8.42 Å². The molecule has 0 amide bonds. The number of sulfonamides is 1. The molecule has 2 rings (SSSR count). The normalized spacial score (nSPS) is 21.6. The molecule has 7 nitrogen and oxygen atoms in total. The molecule has 1 atom stereocenters. The third-order valence-electron chi connectivity index (χ3n) is 2.99. The van der Waals surface area contributed by atoms with Gasteiger partial charge in [0.2, 0.25) is 10.0 Å². The fourth-order valence-electron chi connectivity index (χ4n) is 2.06. The summed E-state index contributed by atoms with van der Waals surface area (Å²) >= 11 is 0. The number of aromatic nitrogens is 2.